The zero-order chi connectivity index (χ0) is 23.8. The Hall–Kier alpha value is -3.22. The van der Waals surface area contributed by atoms with Crippen LogP contribution in [0.4, 0.5) is 8.78 Å². The predicted octanol–water partition coefficient (Wildman–Crippen LogP) is 4.86. The summed E-state index contributed by atoms with van der Waals surface area (Å²) in [6, 6.07) is 8.82. The number of halogens is 2. The van der Waals surface area contributed by atoms with E-state index in [9.17, 15) is 13.6 Å². The van der Waals surface area contributed by atoms with E-state index in [1.54, 1.807) is 24.3 Å². The second-order valence-electron chi connectivity index (χ2n) is 7.84. The Labute approximate surface area is 188 Å². The maximum absolute atomic E-state index is 14.2. The van der Waals surface area contributed by atoms with Crippen LogP contribution in [0.25, 0.3) is 5.70 Å². The van der Waals surface area contributed by atoms with Crippen LogP contribution in [0, 0.1) is 17.6 Å². The van der Waals surface area contributed by atoms with Crippen molar-refractivity contribution in [3.05, 3.63) is 82.3 Å². The highest BCUT2D eigenvalue weighted by molar-refractivity contribution is 5.92. The fourth-order valence-corrected chi connectivity index (χ4v) is 3.30. The highest BCUT2D eigenvalue weighted by atomic mass is 19.1. The molecule has 0 bridgehead atoms. The Kier molecular flexibility index (Phi) is 8.93. The van der Waals surface area contributed by atoms with Crippen LogP contribution >= 0.6 is 0 Å². The molecule has 1 amide bonds. The maximum Gasteiger partial charge on any atom is 0.269 e. The monoisotopic (exact) mass is 442 g/mol. The molecule has 0 fully saturated rings. The number of carbonyl (C=O) groups is 1. The van der Waals surface area contributed by atoms with E-state index in [0.29, 0.717) is 29.2 Å². The third kappa shape index (κ3) is 5.93. The molecule has 0 aliphatic rings. The molecule has 0 aliphatic heterocycles. The minimum atomic E-state index is -0.735. The number of nitrogens with one attached hydrogen (secondary N) is 1. The number of allylic oxidation sites excluding steroid dienone is 3. The number of hydrogen-bond acceptors (Lipinski definition) is 4. The van der Waals surface area contributed by atoms with Gasteiger partial charge in [-0.05, 0) is 54.7 Å². The van der Waals surface area contributed by atoms with Crippen LogP contribution in [0.15, 0.2) is 53.7 Å². The minimum Gasteiger partial charge on any atom is -0.401 e. The molecular weight excluding hydrogens is 410 g/mol. The SMILES string of the molecule is CCCNC(=O)c1cccc(C(C)/C(N)=C(/C=C(\N)c2c(F)cccc2F)[C@H](C)CC)n1. The second-order valence-corrected chi connectivity index (χ2v) is 7.84. The molecule has 5 N–H and O–H groups in total. The molecule has 7 heteroatoms. The molecule has 1 unspecified atom stereocenters. The van der Waals surface area contributed by atoms with Gasteiger partial charge in [-0.2, -0.15) is 0 Å². The summed E-state index contributed by atoms with van der Waals surface area (Å²) in [4.78, 5) is 16.8. The van der Waals surface area contributed by atoms with Gasteiger partial charge < -0.3 is 16.8 Å². The number of amides is 1. The van der Waals surface area contributed by atoms with Gasteiger partial charge >= 0.3 is 0 Å². The quantitative estimate of drug-likeness (QED) is 0.483. The van der Waals surface area contributed by atoms with Crippen LogP contribution in [0.5, 0.6) is 0 Å². The molecule has 32 heavy (non-hydrogen) atoms. The van der Waals surface area contributed by atoms with Crippen molar-refractivity contribution in [1.82, 2.24) is 10.3 Å². The van der Waals surface area contributed by atoms with Crippen LogP contribution in [-0.2, 0) is 0 Å². The lowest BCUT2D eigenvalue weighted by Gasteiger charge is -2.21. The molecule has 2 aromatic rings. The van der Waals surface area contributed by atoms with Crippen LogP contribution in [-0.4, -0.2) is 17.4 Å². The summed E-state index contributed by atoms with van der Waals surface area (Å²) < 4.78 is 28.4. The van der Waals surface area contributed by atoms with Gasteiger partial charge in [0.05, 0.1) is 5.56 Å². The number of pyridine rings is 1. The Bertz CT molecular complexity index is 997. The average molecular weight is 443 g/mol. The fraction of sp³-hybridized carbons (Fsp3) is 0.360. The van der Waals surface area contributed by atoms with Crippen LogP contribution < -0.4 is 16.8 Å². The van der Waals surface area contributed by atoms with E-state index in [4.69, 9.17) is 11.5 Å². The van der Waals surface area contributed by atoms with Crippen molar-refractivity contribution in [2.24, 2.45) is 17.4 Å². The third-order valence-electron chi connectivity index (χ3n) is 5.49. The Morgan fingerprint density at radius 3 is 2.31 bits per heavy atom. The van der Waals surface area contributed by atoms with Gasteiger partial charge in [0, 0.05) is 29.6 Å². The van der Waals surface area contributed by atoms with Crippen molar-refractivity contribution in [2.75, 3.05) is 6.54 Å². The lowest BCUT2D eigenvalue weighted by atomic mass is 9.89. The summed E-state index contributed by atoms with van der Waals surface area (Å²) in [5, 5.41) is 2.81. The fourth-order valence-electron chi connectivity index (χ4n) is 3.30. The molecular formula is C25H32F2N4O. The van der Waals surface area contributed by atoms with Gasteiger partial charge in [-0.15, -0.1) is 0 Å². The van der Waals surface area contributed by atoms with Crippen molar-refractivity contribution < 1.29 is 13.6 Å². The smallest absolute Gasteiger partial charge is 0.269 e. The first-order chi connectivity index (χ1) is 15.2. The molecule has 1 aromatic carbocycles. The van der Waals surface area contributed by atoms with Gasteiger partial charge in [0.15, 0.2) is 0 Å². The first kappa shape index (κ1) is 25.0. The number of aromatic nitrogens is 1. The van der Waals surface area contributed by atoms with Crippen LogP contribution in [0.1, 0.15) is 68.2 Å². The maximum atomic E-state index is 14.2. The summed E-state index contributed by atoms with van der Waals surface area (Å²) in [7, 11) is 0. The van der Waals surface area contributed by atoms with Crippen LogP contribution in [0.2, 0.25) is 0 Å². The van der Waals surface area contributed by atoms with E-state index in [-0.39, 0.29) is 29.0 Å². The molecule has 0 saturated carbocycles. The summed E-state index contributed by atoms with van der Waals surface area (Å²) >= 11 is 0. The molecule has 172 valence electrons. The van der Waals surface area contributed by atoms with Crippen LogP contribution in [0.3, 0.4) is 0 Å². The molecule has 0 saturated heterocycles. The van der Waals surface area contributed by atoms with E-state index in [2.05, 4.69) is 10.3 Å². The Morgan fingerprint density at radius 1 is 1.09 bits per heavy atom. The van der Waals surface area contributed by atoms with Gasteiger partial charge in [-0.1, -0.05) is 39.8 Å². The van der Waals surface area contributed by atoms with Gasteiger partial charge in [0.1, 0.15) is 17.3 Å². The summed E-state index contributed by atoms with van der Waals surface area (Å²) in [5.41, 5.74) is 14.4. The summed E-state index contributed by atoms with van der Waals surface area (Å²) in [6.07, 6.45) is 3.12. The lowest BCUT2D eigenvalue weighted by Crippen LogP contribution is -2.25. The molecule has 0 spiro atoms. The molecule has 1 aromatic heterocycles. The van der Waals surface area contributed by atoms with Crippen molar-refractivity contribution in [3.63, 3.8) is 0 Å². The zero-order valence-electron chi connectivity index (χ0n) is 19.1. The standard InChI is InChI=1S/C25H32F2N4O/c1-5-13-30-25(32)22-12-8-11-21(31-22)16(4)24(29)17(15(3)6-2)14-20(28)23-18(26)9-7-10-19(23)27/h7-12,14-16H,5-6,13,28-29H2,1-4H3,(H,30,32)/b20-14-,24-17+/t15-,16?/m1/s1. The van der Waals surface area contributed by atoms with E-state index in [1.165, 1.54) is 6.07 Å². The van der Waals surface area contributed by atoms with Gasteiger partial charge in [0.25, 0.3) is 5.91 Å². The summed E-state index contributed by atoms with van der Waals surface area (Å²) in [6.45, 7) is 8.38. The Balaban J connectivity index is 2.49. The normalized spacial score (nSPS) is 14.5. The van der Waals surface area contributed by atoms with Gasteiger partial charge in [-0.25, -0.2) is 13.8 Å². The molecule has 5 nitrogen and oxygen atoms in total. The second kappa shape index (κ2) is 11.4. The zero-order valence-corrected chi connectivity index (χ0v) is 19.1. The minimum absolute atomic E-state index is 0.0122. The van der Waals surface area contributed by atoms with E-state index in [1.807, 2.05) is 27.7 Å². The highest BCUT2D eigenvalue weighted by Crippen LogP contribution is 2.29. The van der Waals surface area contributed by atoms with Gasteiger partial charge in [0.2, 0.25) is 0 Å². The number of rotatable bonds is 9. The Morgan fingerprint density at radius 2 is 1.72 bits per heavy atom. The number of carbonyl (C=O) groups excluding carboxylic acids is 1. The van der Waals surface area contributed by atoms with Crippen molar-refractivity contribution >= 4 is 11.6 Å². The molecule has 2 atom stereocenters. The van der Waals surface area contributed by atoms with Crippen molar-refractivity contribution in [2.45, 2.75) is 46.5 Å². The molecule has 0 radical (unpaired) electrons. The third-order valence-corrected chi connectivity index (χ3v) is 5.49. The lowest BCUT2D eigenvalue weighted by molar-refractivity contribution is 0.0948. The first-order valence-electron chi connectivity index (χ1n) is 10.9. The largest absolute Gasteiger partial charge is 0.401 e. The van der Waals surface area contributed by atoms with Crippen molar-refractivity contribution in [3.8, 4) is 0 Å². The average Bonchev–Trinajstić information content (AvgIpc) is 2.79. The number of nitrogens with zero attached hydrogens (tertiary/aromatic N) is 1. The van der Waals surface area contributed by atoms with E-state index < -0.39 is 11.6 Å². The van der Waals surface area contributed by atoms with E-state index in [0.717, 1.165) is 25.0 Å². The number of hydrogen-bond donors (Lipinski definition) is 3. The molecule has 0 aliphatic carbocycles. The topological polar surface area (TPSA) is 94.0 Å². The highest BCUT2D eigenvalue weighted by Gasteiger charge is 2.20. The first-order valence-corrected chi connectivity index (χ1v) is 10.9. The number of benzene rings is 1. The number of nitrogens with two attached hydrogens (primary N) is 2. The van der Waals surface area contributed by atoms with Gasteiger partial charge in [-0.3, -0.25) is 4.79 Å². The van der Waals surface area contributed by atoms with E-state index >= 15 is 0 Å². The molecule has 2 rings (SSSR count). The predicted molar refractivity (Wildman–Crippen MR) is 124 cm³/mol. The van der Waals surface area contributed by atoms with Crippen molar-refractivity contribution in [1.29, 1.82) is 0 Å². The summed E-state index contributed by atoms with van der Waals surface area (Å²) in [5.74, 6) is -2.07. The molecule has 1 heterocycles.